The molecule has 1 N–H and O–H groups in total. The number of aliphatic hydroxyl groups excluding tert-OH is 1. The molecule has 0 fully saturated rings. The summed E-state index contributed by atoms with van der Waals surface area (Å²) in [6, 6.07) is 12.3. The zero-order chi connectivity index (χ0) is 30.5. The predicted octanol–water partition coefficient (Wildman–Crippen LogP) is 8.17. The van der Waals surface area contributed by atoms with E-state index in [-0.39, 0.29) is 38.7 Å². The number of halogens is 6. The molecule has 13 heteroatoms. The minimum absolute atomic E-state index is 0.0645. The zero-order valence-electron chi connectivity index (χ0n) is 22.2. The third-order valence-corrected chi connectivity index (χ3v) is 8.28. The van der Waals surface area contributed by atoms with Gasteiger partial charge in [-0.15, -0.1) is 0 Å². The molecule has 6 nitrogen and oxygen atoms in total. The number of benzene rings is 3. The van der Waals surface area contributed by atoms with Crippen LogP contribution in [-0.2, 0) is 23.6 Å². The zero-order valence-corrected chi connectivity index (χ0v) is 24.5. The third kappa shape index (κ3) is 5.61. The second kappa shape index (κ2) is 11.3. The normalized spacial score (nSPS) is 12.6. The molecule has 218 valence electrons. The van der Waals surface area contributed by atoms with Crippen LogP contribution in [0.15, 0.2) is 64.0 Å². The highest BCUT2D eigenvalue weighted by atomic mass is 35.5. The van der Waals surface area contributed by atoms with E-state index in [1.807, 2.05) is 0 Å². The van der Waals surface area contributed by atoms with E-state index in [1.165, 1.54) is 29.9 Å². The molecule has 5 aromatic rings. The van der Waals surface area contributed by atoms with Gasteiger partial charge in [0.15, 0.2) is 17.3 Å². The van der Waals surface area contributed by atoms with Crippen LogP contribution in [0.3, 0.4) is 0 Å². The summed E-state index contributed by atoms with van der Waals surface area (Å²) in [6.45, 7) is 2.41. The van der Waals surface area contributed by atoms with Crippen molar-refractivity contribution < 1.29 is 31.3 Å². The highest BCUT2D eigenvalue weighted by molar-refractivity contribution is 7.84. The SMILES string of the molecule is Cc1nc(-c2cc(-c3cc(F)c(CO)c(S(C)=O)c3)ccc2-n2cc(C(F)(F)F)nc2C)c(-c2ccc(Cl)c(Cl)c2)o1. The minimum atomic E-state index is -4.68. The van der Waals surface area contributed by atoms with Gasteiger partial charge >= 0.3 is 6.18 Å². The van der Waals surface area contributed by atoms with E-state index in [4.69, 9.17) is 27.6 Å². The molecule has 0 saturated carbocycles. The highest BCUT2D eigenvalue weighted by Crippen LogP contribution is 2.41. The molecule has 0 radical (unpaired) electrons. The molecule has 0 spiro atoms. The van der Waals surface area contributed by atoms with Crippen molar-refractivity contribution in [2.75, 3.05) is 6.26 Å². The topological polar surface area (TPSA) is 81.2 Å². The molecule has 0 aliphatic heterocycles. The second-order valence-electron chi connectivity index (χ2n) is 9.36. The molecule has 2 aromatic heterocycles. The third-order valence-electron chi connectivity index (χ3n) is 6.56. The van der Waals surface area contributed by atoms with Crippen LogP contribution < -0.4 is 0 Å². The van der Waals surface area contributed by atoms with Crippen LogP contribution in [0.2, 0.25) is 10.0 Å². The first-order chi connectivity index (χ1) is 19.8. The summed E-state index contributed by atoms with van der Waals surface area (Å²) in [4.78, 5) is 8.37. The van der Waals surface area contributed by atoms with E-state index in [9.17, 15) is 26.9 Å². The Kier molecular flexibility index (Phi) is 8.06. The Morgan fingerprint density at radius 3 is 2.31 bits per heavy atom. The molecule has 0 saturated heterocycles. The maximum atomic E-state index is 15.0. The van der Waals surface area contributed by atoms with E-state index in [0.717, 1.165) is 6.20 Å². The van der Waals surface area contributed by atoms with Crippen molar-refractivity contribution in [2.24, 2.45) is 0 Å². The number of rotatable bonds is 6. The van der Waals surface area contributed by atoms with Gasteiger partial charge in [-0.1, -0.05) is 29.3 Å². The minimum Gasteiger partial charge on any atom is -0.440 e. The van der Waals surface area contributed by atoms with Crippen LogP contribution >= 0.6 is 23.2 Å². The van der Waals surface area contributed by atoms with Crippen molar-refractivity contribution in [1.82, 2.24) is 14.5 Å². The fourth-order valence-corrected chi connectivity index (χ4v) is 5.70. The van der Waals surface area contributed by atoms with Gasteiger partial charge in [0, 0.05) is 41.0 Å². The Labute approximate surface area is 250 Å². The van der Waals surface area contributed by atoms with E-state index in [1.54, 1.807) is 43.3 Å². The molecule has 0 amide bonds. The number of imidazole rings is 1. The van der Waals surface area contributed by atoms with Gasteiger partial charge in [-0.25, -0.2) is 14.4 Å². The molecule has 5 rings (SSSR count). The lowest BCUT2D eigenvalue weighted by Gasteiger charge is -2.15. The van der Waals surface area contributed by atoms with E-state index < -0.39 is 35.1 Å². The van der Waals surface area contributed by atoms with Gasteiger partial charge in [0.05, 0.1) is 33.1 Å². The maximum Gasteiger partial charge on any atom is 0.434 e. The Morgan fingerprint density at radius 1 is 0.976 bits per heavy atom. The fourth-order valence-electron chi connectivity index (χ4n) is 4.60. The lowest BCUT2D eigenvalue weighted by Crippen LogP contribution is -2.05. The van der Waals surface area contributed by atoms with Crippen molar-refractivity contribution in [3.05, 3.63) is 93.6 Å². The van der Waals surface area contributed by atoms with Crippen LogP contribution in [0, 0.1) is 19.7 Å². The molecule has 1 unspecified atom stereocenters. The summed E-state index contributed by atoms with van der Waals surface area (Å²) in [5, 5.41) is 10.2. The number of aliphatic hydroxyl groups is 1. The quantitative estimate of drug-likeness (QED) is 0.190. The largest absolute Gasteiger partial charge is 0.440 e. The van der Waals surface area contributed by atoms with Gasteiger partial charge in [0.1, 0.15) is 17.3 Å². The first kappa shape index (κ1) is 30.0. The molecule has 2 heterocycles. The van der Waals surface area contributed by atoms with Gasteiger partial charge in [0.25, 0.3) is 0 Å². The number of hydrogen-bond donors (Lipinski definition) is 1. The fraction of sp³-hybridized carbons (Fsp3) is 0.172. The number of aryl methyl sites for hydroxylation is 2. The van der Waals surface area contributed by atoms with Crippen molar-refractivity contribution in [3.63, 3.8) is 0 Å². The van der Waals surface area contributed by atoms with Crippen LogP contribution in [-0.4, -0.2) is 30.1 Å². The number of hydrogen-bond acceptors (Lipinski definition) is 5. The summed E-state index contributed by atoms with van der Waals surface area (Å²) in [6.07, 6.45) is -2.42. The van der Waals surface area contributed by atoms with Crippen LogP contribution in [0.25, 0.3) is 39.4 Å². The average molecular weight is 638 g/mol. The molecular formula is C29H21Cl2F4N3O3S. The maximum absolute atomic E-state index is 15.0. The Balaban J connectivity index is 1.80. The van der Waals surface area contributed by atoms with Gasteiger partial charge in [-0.05, 0) is 60.5 Å². The number of alkyl halides is 3. The molecule has 0 bridgehead atoms. The number of aromatic nitrogens is 3. The predicted molar refractivity (Wildman–Crippen MR) is 153 cm³/mol. The van der Waals surface area contributed by atoms with Crippen molar-refractivity contribution in [3.8, 4) is 39.4 Å². The molecule has 0 aliphatic rings. The highest BCUT2D eigenvalue weighted by Gasteiger charge is 2.35. The number of nitrogens with zero attached hydrogens (tertiary/aromatic N) is 3. The molecule has 0 aliphatic carbocycles. The average Bonchev–Trinajstić information content (AvgIpc) is 3.52. The standard InChI is InChI=1S/C29H21Cl2F4N3O3S/c1-14-36-26(29(33,34)35)12-38(14)24-7-5-16(18-10-23(32)20(13-39)25(11-18)42(3)40)8-19(24)27-28(41-15(2)37-27)17-4-6-21(30)22(31)9-17/h4-12,39H,13H2,1-3H3. The van der Waals surface area contributed by atoms with E-state index in [0.29, 0.717) is 33.0 Å². The molecular weight excluding hydrogens is 617 g/mol. The van der Waals surface area contributed by atoms with E-state index >= 15 is 0 Å². The summed E-state index contributed by atoms with van der Waals surface area (Å²) in [5.41, 5.74) is 1.03. The Bertz CT molecular complexity index is 1870. The number of oxazole rings is 1. The first-order valence-corrected chi connectivity index (χ1v) is 14.6. The summed E-state index contributed by atoms with van der Waals surface area (Å²) < 4.78 is 75.2. The second-order valence-corrected chi connectivity index (χ2v) is 11.5. The lowest BCUT2D eigenvalue weighted by molar-refractivity contribution is -0.141. The Hall–Kier alpha value is -3.51. The van der Waals surface area contributed by atoms with Crippen LogP contribution in [0.4, 0.5) is 17.6 Å². The Morgan fingerprint density at radius 2 is 1.69 bits per heavy atom. The van der Waals surface area contributed by atoms with Crippen molar-refractivity contribution in [2.45, 2.75) is 31.5 Å². The van der Waals surface area contributed by atoms with Crippen molar-refractivity contribution in [1.29, 1.82) is 0 Å². The first-order valence-electron chi connectivity index (χ1n) is 12.3. The van der Waals surface area contributed by atoms with Crippen LogP contribution in [0.1, 0.15) is 23.0 Å². The monoisotopic (exact) mass is 637 g/mol. The van der Waals surface area contributed by atoms with Gasteiger partial charge < -0.3 is 14.1 Å². The summed E-state index contributed by atoms with van der Waals surface area (Å²) >= 11 is 12.4. The van der Waals surface area contributed by atoms with Crippen LogP contribution in [0.5, 0.6) is 0 Å². The molecule has 42 heavy (non-hydrogen) atoms. The summed E-state index contributed by atoms with van der Waals surface area (Å²) in [7, 11) is -1.62. The lowest BCUT2D eigenvalue weighted by atomic mass is 9.97. The smallest absolute Gasteiger partial charge is 0.434 e. The van der Waals surface area contributed by atoms with Gasteiger partial charge in [0.2, 0.25) is 0 Å². The molecule has 1 atom stereocenters. The van der Waals surface area contributed by atoms with Crippen molar-refractivity contribution >= 4 is 34.0 Å². The summed E-state index contributed by atoms with van der Waals surface area (Å²) in [5.74, 6) is -0.146. The van der Waals surface area contributed by atoms with Gasteiger partial charge in [-0.3, -0.25) is 4.21 Å². The van der Waals surface area contributed by atoms with Gasteiger partial charge in [-0.2, -0.15) is 13.2 Å². The molecule has 3 aromatic carbocycles. The van der Waals surface area contributed by atoms with E-state index in [2.05, 4.69) is 9.97 Å².